The number of ketones is 1. The van der Waals surface area contributed by atoms with Gasteiger partial charge in [-0.15, -0.1) is 0 Å². The van der Waals surface area contributed by atoms with Crippen LogP contribution in [0.3, 0.4) is 0 Å². The molecule has 2 aromatic heterocycles. The predicted molar refractivity (Wildman–Crippen MR) is 123 cm³/mol. The number of nitrogens with two attached hydrogens (primary N) is 2. The number of aryl methyl sites for hydroxylation is 1. The van der Waals surface area contributed by atoms with Crippen molar-refractivity contribution in [3.8, 4) is 5.82 Å². The van der Waals surface area contributed by atoms with Crippen LogP contribution < -0.4 is 16.8 Å². The van der Waals surface area contributed by atoms with Crippen LogP contribution in [0.4, 0.5) is 5.82 Å². The summed E-state index contributed by atoms with van der Waals surface area (Å²) in [5, 5.41) is 7.34. The SMILES string of the molecule is CCc1nn(-c2cnc(C(N)=O)c(NC(N)C(=O)OC3CCCC3)n2)c2c1C(=O)CC(C)(C)C2. The molecule has 0 radical (unpaired) electrons. The number of ether oxygens (including phenoxy) is 1. The summed E-state index contributed by atoms with van der Waals surface area (Å²) in [5.41, 5.74) is 13.1. The monoisotopic (exact) mass is 469 g/mol. The van der Waals surface area contributed by atoms with Crippen molar-refractivity contribution in [3.05, 3.63) is 28.8 Å². The van der Waals surface area contributed by atoms with E-state index in [2.05, 4.69) is 20.4 Å². The highest BCUT2D eigenvalue weighted by Crippen LogP contribution is 2.37. The molecular formula is C23H31N7O4. The van der Waals surface area contributed by atoms with E-state index >= 15 is 0 Å². The molecule has 1 atom stereocenters. The van der Waals surface area contributed by atoms with Crippen LogP contribution in [0.15, 0.2) is 6.20 Å². The van der Waals surface area contributed by atoms with Gasteiger partial charge in [-0.25, -0.2) is 19.4 Å². The third-order valence-electron chi connectivity index (χ3n) is 6.29. The zero-order valence-electron chi connectivity index (χ0n) is 19.8. The third-order valence-corrected chi connectivity index (χ3v) is 6.29. The van der Waals surface area contributed by atoms with Crippen LogP contribution in [0.25, 0.3) is 5.82 Å². The summed E-state index contributed by atoms with van der Waals surface area (Å²) >= 11 is 0. The van der Waals surface area contributed by atoms with Gasteiger partial charge in [0.25, 0.3) is 5.91 Å². The number of hydrogen-bond acceptors (Lipinski definition) is 9. The standard InChI is InChI=1S/C23H31N7O4/c1-4-13-17-14(9-23(2,3)10-15(17)31)30(29-13)16-11-26-18(20(25)32)21(27-16)28-19(24)22(33)34-12-7-5-6-8-12/h11-12,19H,4-10,24H2,1-3H3,(H2,25,32)(H,27,28). The first kappa shape index (κ1) is 23.8. The van der Waals surface area contributed by atoms with Crippen molar-refractivity contribution >= 4 is 23.5 Å². The fraction of sp³-hybridized carbons (Fsp3) is 0.565. The van der Waals surface area contributed by atoms with Gasteiger partial charge >= 0.3 is 5.97 Å². The number of carbonyl (C=O) groups is 3. The number of nitrogens with one attached hydrogen (secondary N) is 1. The second kappa shape index (κ2) is 9.13. The van der Waals surface area contributed by atoms with E-state index < -0.39 is 18.0 Å². The number of fused-ring (bicyclic) bond motifs is 1. The highest BCUT2D eigenvalue weighted by Gasteiger charge is 2.36. The molecule has 2 aromatic rings. The molecule has 11 nitrogen and oxygen atoms in total. The van der Waals surface area contributed by atoms with Gasteiger partial charge in [0.2, 0.25) is 0 Å². The molecule has 4 rings (SSSR count). The van der Waals surface area contributed by atoms with Gasteiger partial charge < -0.3 is 21.5 Å². The van der Waals surface area contributed by atoms with Crippen LogP contribution in [0.5, 0.6) is 0 Å². The number of primary amides is 1. The molecule has 2 aliphatic rings. The first-order valence-electron chi connectivity index (χ1n) is 11.6. The maximum Gasteiger partial charge on any atom is 0.343 e. The maximum absolute atomic E-state index is 12.9. The van der Waals surface area contributed by atoms with Crippen molar-refractivity contribution in [2.75, 3.05) is 5.32 Å². The van der Waals surface area contributed by atoms with Gasteiger partial charge in [0.05, 0.1) is 23.1 Å². The quantitative estimate of drug-likeness (QED) is 0.403. The summed E-state index contributed by atoms with van der Waals surface area (Å²) in [6.45, 7) is 5.99. The van der Waals surface area contributed by atoms with Gasteiger partial charge in [-0.1, -0.05) is 20.8 Å². The molecule has 5 N–H and O–H groups in total. The minimum absolute atomic E-state index is 0.0473. The second-order valence-electron chi connectivity index (χ2n) is 9.73. The largest absolute Gasteiger partial charge is 0.460 e. The molecule has 182 valence electrons. The number of hydrogen-bond donors (Lipinski definition) is 3. The summed E-state index contributed by atoms with van der Waals surface area (Å²) in [7, 11) is 0. The first-order valence-corrected chi connectivity index (χ1v) is 11.6. The highest BCUT2D eigenvalue weighted by molar-refractivity contribution is 6.00. The van der Waals surface area contributed by atoms with Crippen LogP contribution >= 0.6 is 0 Å². The molecule has 34 heavy (non-hydrogen) atoms. The van der Waals surface area contributed by atoms with E-state index in [0.717, 1.165) is 31.4 Å². The van der Waals surface area contributed by atoms with Gasteiger partial charge in [0.1, 0.15) is 6.10 Å². The Morgan fingerprint density at radius 3 is 2.65 bits per heavy atom. The van der Waals surface area contributed by atoms with Crippen molar-refractivity contribution in [3.63, 3.8) is 0 Å². The molecule has 0 aliphatic heterocycles. The van der Waals surface area contributed by atoms with Gasteiger partial charge in [-0.2, -0.15) is 5.10 Å². The Labute approximate surface area is 197 Å². The Morgan fingerprint density at radius 1 is 1.29 bits per heavy atom. The number of amides is 1. The van der Waals surface area contributed by atoms with Gasteiger partial charge in [-0.05, 0) is 43.9 Å². The molecule has 0 saturated heterocycles. The minimum atomic E-state index is -1.26. The molecule has 2 heterocycles. The molecule has 11 heteroatoms. The fourth-order valence-corrected chi connectivity index (χ4v) is 4.68. The van der Waals surface area contributed by atoms with Crippen LogP contribution in [0.1, 0.15) is 85.1 Å². The van der Waals surface area contributed by atoms with Crippen LogP contribution in [0, 0.1) is 5.41 Å². The van der Waals surface area contributed by atoms with Gasteiger partial charge in [0.15, 0.2) is 29.3 Å². The molecule has 1 amide bonds. The number of Topliss-reactive ketones (excluding diaryl/α,β-unsaturated/α-hetero) is 1. The summed E-state index contributed by atoms with van der Waals surface area (Å²) in [5.74, 6) is -1.20. The predicted octanol–water partition coefficient (Wildman–Crippen LogP) is 1.66. The first-order chi connectivity index (χ1) is 16.1. The maximum atomic E-state index is 12.9. The average molecular weight is 470 g/mol. The summed E-state index contributed by atoms with van der Waals surface area (Å²) in [4.78, 5) is 45.9. The molecule has 0 spiro atoms. The van der Waals surface area contributed by atoms with Crippen LogP contribution in [0.2, 0.25) is 0 Å². The average Bonchev–Trinajstić information content (AvgIpc) is 3.40. The van der Waals surface area contributed by atoms with Crippen molar-refractivity contribution in [2.24, 2.45) is 16.9 Å². The molecule has 1 saturated carbocycles. The van der Waals surface area contributed by atoms with E-state index in [9.17, 15) is 14.4 Å². The Hall–Kier alpha value is -3.34. The number of aromatic nitrogens is 4. The van der Waals surface area contributed by atoms with Crippen molar-refractivity contribution < 1.29 is 19.1 Å². The highest BCUT2D eigenvalue weighted by atomic mass is 16.5. The van der Waals surface area contributed by atoms with E-state index in [1.807, 2.05) is 20.8 Å². The number of carbonyl (C=O) groups excluding carboxylic acids is 3. The molecule has 0 bridgehead atoms. The summed E-state index contributed by atoms with van der Waals surface area (Å²) in [6.07, 6.45) is 5.22. The zero-order chi connectivity index (χ0) is 24.6. The molecule has 1 unspecified atom stereocenters. The Morgan fingerprint density at radius 2 is 2.00 bits per heavy atom. The Kier molecular flexibility index (Phi) is 6.39. The topological polar surface area (TPSA) is 168 Å². The lowest BCUT2D eigenvalue weighted by Gasteiger charge is -2.29. The number of rotatable bonds is 7. The lowest BCUT2D eigenvalue weighted by molar-refractivity contribution is -0.149. The zero-order valence-corrected chi connectivity index (χ0v) is 19.8. The number of nitrogens with zero attached hydrogens (tertiary/aromatic N) is 4. The van der Waals surface area contributed by atoms with Crippen molar-refractivity contribution in [1.29, 1.82) is 0 Å². The van der Waals surface area contributed by atoms with E-state index in [-0.39, 0.29) is 34.6 Å². The smallest absolute Gasteiger partial charge is 0.343 e. The molecule has 2 aliphatic carbocycles. The number of anilines is 1. The number of esters is 1. The van der Waals surface area contributed by atoms with E-state index in [1.165, 1.54) is 6.20 Å². The van der Waals surface area contributed by atoms with Crippen LogP contribution in [-0.2, 0) is 22.4 Å². The normalized spacial score (nSPS) is 18.4. The van der Waals surface area contributed by atoms with Crippen molar-refractivity contribution in [1.82, 2.24) is 19.7 Å². The fourth-order valence-electron chi connectivity index (χ4n) is 4.68. The molecule has 0 aromatic carbocycles. The van der Waals surface area contributed by atoms with E-state index in [1.54, 1.807) is 4.68 Å². The van der Waals surface area contributed by atoms with E-state index in [0.29, 0.717) is 30.5 Å². The van der Waals surface area contributed by atoms with Gasteiger partial charge in [0, 0.05) is 6.42 Å². The Balaban J connectivity index is 1.68. The van der Waals surface area contributed by atoms with Gasteiger partial charge in [-0.3, -0.25) is 9.59 Å². The lowest BCUT2D eigenvalue weighted by atomic mass is 9.75. The summed E-state index contributed by atoms with van der Waals surface area (Å²) in [6, 6.07) is 0. The molecular weight excluding hydrogens is 438 g/mol. The van der Waals surface area contributed by atoms with Crippen LogP contribution in [-0.4, -0.2) is 49.7 Å². The second-order valence-corrected chi connectivity index (χ2v) is 9.73. The lowest BCUT2D eigenvalue weighted by Crippen LogP contribution is -2.42. The Bertz CT molecular complexity index is 1130. The van der Waals surface area contributed by atoms with E-state index in [4.69, 9.17) is 16.2 Å². The minimum Gasteiger partial charge on any atom is -0.460 e. The molecule has 1 fully saturated rings. The summed E-state index contributed by atoms with van der Waals surface area (Å²) < 4.78 is 7.02. The third kappa shape index (κ3) is 4.65. The van der Waals surface area contributed by atoms with Crippen molar-refractivity contribution in [2.45, 2.75) is 78.0 Å².